The van der Waals surface area contributed by atoms with Gasteiger partial charge in [-0.05, 0) is 31.4 Å². The zero-order valence-corrected chi connectivity index (χ0v) is 9.87. The van der Waals surface area contributed by atoms with Gasteiger partial charge in [0.25, 0.3) is 0 Å². The van der Waals surface area contributed by atoms with Crippen LogP contribution in [0.15, 0.2) is 0 Å². The average molecular weight is 212 g/mol. The second-order valence-corrected chi connectivity index (χ2v) is 6.30. The standard InChI is InChI=1S/C12H20OS/c1-12(7-3-2-4-8-12)11(13)10-6-5-9-14-10/h10H,2-9H2,1H3. The number of hydrogen-bond donors (Lipinski definition) is 0. The molecule has 0 N–H and O–H groups in total. The Morgan fingerprint density at radius 3 is 2.50 bits per heavy atom. The van der Waals surface area contributed by atoms with E-state index in [0.717, 1.165) is 19.3 Å². The first-order valence-electron chi connectivity index (χ1n) is 5.88. The highest BCUT2D eigenvalue weighted by atomic mass is 32.2. The summed E-state index contributed by atoms with van der Waals surface area (Å²) in [4.78, 5) is 12.3. The van der Waals surface area contributed by atoms with E-state index in [-0.39, 0.29) is 5.41 Å². The van der Waals surface area contributed by atoms with Crippen LogP contribution >= 0.6 is 11.8 Å². The lowest BCUT2D eigenvalue weighted by Gasteiger charge is -2.33. The Bertz CT molecular complexity index is 212. The number of carbonyl (C=O) groups is 1. The Morgan fingerprint density at radius 1 is 1.21 bits per heavy atom. The normalized spacial score (nSPS) is 31.6. The van der Waals surface area contributed by atoms with Crippen molar-refractivity contribution in [3.05, 3.63) is 0 Å². The summed E-state index contributed by atoms with van der Waals surface area (Å²) in [7, 11) is 0. The zero-order valence-electron chi connectivity index (χ0n) is 9.05. The molecule has 1 aliphatic heterocycles. The lowest BCUT2D eigenvalue weighted by Crippen LogP contribution is -2.36. The van der Waals surface area contributed by atoms with E-state index in [1.54, 1.807) is 0 Å². The van der Waals surface area contributed by atoms with Gasteiger partial charge in [-0.3, -0.25) is 4.79 Å². The average Bonchev–Trinajstić information content (AvgIpc) is 2.70. The fraction of sp³-hybridized carbons (Fsp3) is 0.917. The molecule has 1 atom stereocenters. The summed E-state index contributed by atoms with van der Waals surface area (Å²) in [5, 5.41) is 0.345. The van der Waals surface area contributed by atoms with Crippen molar-refractivity contribution in [3.8, 4) is 0 Å². The van der Waals surface area contributed by atoms with Crippen LogP contribution in [0.3, 0.4) is 0 Å². The molecule has 1 heterocycles. The Kier molecular flexibility index (Phi) is 3.20. The molecule has 1 unspecified atom stereocenters. The van der Waals surface area contributed by atoms with Gasteiger partial charge in [0.05, 0.1) is 5.25 Å². The van der Waals surface area contributed by atoms with E-state index in [9.17, 15) is 4.79 Å². The predicted molar refractivity (Wildman–Crippen MR) is 61.7 cm³/mol. The number of rotatable bonds is 2. The Labute approximate surface area is 91.0 Å². The molecule has 14 heavy (non-hydrogen) atoms. The van der Waals surface area contributed by atoms with Gasteiger partial charge in [0.2, 0.25) is 0 Å². The van der Waals surface area contributed by atoms with Gasteiger partial charge in [0, 0.05) is 5.41 Å². The van der Waals surface area contributed by atoms with Crippen LogP contribution in [0.1, 0.15) is 51.9 Å². The van der Waals surface area contributed by atoms with E-state index in [4.69, 9.17) is 0 Å². The second-order valence-electron chi connectivity index (χ2n) is 4.99. The summed E-state index contributed by atoms with van der Waals surface area (Å²) in [6.07, 6.45) is 8.53. The van der Waals surface area contributed by atoms with Crippen LogP contribution in [0.25, 0.3) is 0 Å². The van der Waals surface area contributed by atoms with Crippen LogP contribution in [0.2, 0.25) is 0 Å². The van der Waals surface area contributed by atoms with E-state index in [2.05, 4.69) is 6.92 Å². The van der Waals surface area contributed by atoms with Crippen molar-refractivity contribution in [2.24, 2.45) is 5.41 Å². The molecule has 1 saturated heterocycles. The highest BCUT2D eigenvalue weighted by Crippen LogP contribution is 2.41. The molecule has 2 heteroatoms. The van der Waals surface area contributed by atoms with E-state index >= 15 is 0 Å². The fourth-order valence-electron chi connectivity index (χ4n) is 2.75. The molecule has 2 aliphatic rings. The molecule has 2 rings (SSSR count). The number of Topliss-reactive ketones (excluding diaryl/α,β-unsaturated/α-hetero) is 1. The van der Waals surface area contributed by atoms with Crippen molar-refractivity contribution in [1.82, 2.24) is 0 Å². The third-order valence-corrected chi connectivity index (χ3v) is 5.15. The highest BCUT2D eigenvalue weighted by Gasteiger charge is 2.39. The van der Waals surface area contributed by atoms with Crippen molar-refractivity contribution >= 4 is 17.5 Å². The Hall–Kier alpha value is 0.0200. The summed E-state index contributed by atoms with van der Waals surface area (Å²) in [6, 6.07) is 0. The summed E-state index contributed by atoms with van der Waals surface area (Å²) in [5.74, 6) is 1.77. The quantitative estimate of drug-likeness (QED) is 0.697. The monoisotopic (exact) mass is 212 g/mol. The van der Waals surface area contributed by atoms with Crippen molar-refractivity contribution < 1.29 is 4.79 Å². The number of carbonyl (C=O) groups excluding carboxylic acids is 1. The minimum Gasteiger partial charge on any atom is -0.298 e. The summed E-state index contributed by atoms with van der Waals surface area (Å²) >= 11 is 1.89. The van der Waals surface area contributed by atoms with Crippen LogP contribution in [-0.4, -0.2) is 16.8 Å². The van der Waals surface area contributed by atoms with Gasteiger partial charge in [-0.2, -0.15) is 11.8 Å². The van der Waals surface area contributed by atoms with Gasteiger partial charge in [0.1, 0.15) is 0 Å². The molecule has 1 saturated carbocycles. The summed E-state index contributed by atoms with van der Waals surface area (Å²) in [6.45, 7) is 2.20. The minimum atomic E-state index is 0.0419. The molecule has 0 spiro atoms. The third kappa shape index (κ3) is 2.00. The van der Waals surface area contributed by atoms with E-state index in [1.807, 2.05) is 11.8 Å². The van der Waals surface area contributed by atoms with Gasteiger partial charge >= 0.3 is 0 Å². The van der Waals surface area contributed by atoms with Gasteiger partial charge in [-0.1, -0.05) is 26.2 Å². The SMILES string of the molecule is CC1(C(=O)C2CCCS2)CCCCC1. The topological polar surface area (TPSA) is 17.1 Å². The Morgan fingerprint density at radius 2 is 1.93 bits per heavy atom. The molecule has 0 radical (unpaired) electrons. The van der Waals surface area contributed by atoms with Crippen LogP contribution in [0, 0.1) is 5.41 Å². The second kappa shape index (κ2) is 4.26. The molecule has 80 valence electrons. The van der Waals surface area contributed by atoms with Gasteiger partial charge in [-0.25, -0.2) is 0 Å². The molecule has 0 amide bonds. The minimum absolute atomic E-state index is 0.0419. The maximum absolute atomic E-state index is 12.3. The van der Waals surface area contributed by atoms with Crippen LogP contribution < -0.4 is 0 Å². The summed E-state index contributed by atoms with van der Waals surface area (Å²) in [5.41, 5.74) is 0.0419. The molecule has 0 bridgehead atoms. The van der Waals surface area contributed by atoms with Crippen LogP contribution in [0.5, 0.6) is 0 Å². The molecule has 0 aromatic carbocycles. The van der Waals surface area contributed by atoms with Gasteiger partial charge in [0.15, 0.2) is 5.78 Å². The smallest absolute Gasteiger partial charge is 0.151 e. The van der Waals surface area contributed by atoms with E-state index in [0.29, 0.717) is 11.0 Å². The first-order valence-corrected chi connectivity index (χ1v) is 6.93. The van der Waals surface area contributed by atoms with Gasteiger partial charge in [-0.15, -0.1) is 0 Å². The maximum Gasteiger partial charge on any atom is 0.151 e. The first kappa shape index (κ1) is 10.5. The molecule has 0 aromatic rings. The first-order chi connectivity index (χ1) is 6.72. The Balaban J connectivity index is 2.00. The van der Waals surface area contributed by atoms with Crippen LogP contribution in [0.4, 0.5) is 0 Å². The summed E-state index contributed by atoms with van der Waals surface area (Å²) < 4.78 is 0. The number of hydrogen-bond acceptors (Lipinski definition) is 2. The fourth-order valence-corrected chi connectivity index (χ4v) is 4.14. The zero-order chi connectivity index (χ0) is 10.0. The molecule has 1 nitrogen and oxygen atoms in total. The van der Waals surface area contributed by atoms with Crippen molar-refractivity contribution in [2.45, 2.75) is 57.1 Å². The van der Waals surface area contributed by atoms with Crippen LogP contribution in [-0.2, 0) is 4.79 Å². The molecule has 0 aromatic heterocycles. The number of ketones is 1. The molecule has 2 fully saturated rings. The van der Waals surface area contributed by atoms with Crippen molar-refractivity contribution in [1.29, 1.82) is 0 Å². The molecule has 1 aliphatic carbocycles. The van der Waals surface area contributed by atoms with Gasteiger partial charge < -0.3 is 0 Å². The van der Waals surface area contributed by atoms with E-state index < -0.39 is 0 Å². The lowest BCUT2D eigenvalue weighted by molar-refractivity contribution is -0.129. The predicted octanol–water partition coefficient (Wildman–Crippen LogP) is 3.42. The molecular formula is C12H20OS. The highest BCUT2D eigenvalue weighted by molar-refractivity contribution is 8.00. The number of thioether (sulfide) groups is 1. The van der Waals surface area contributed by atoms with E-state index in [1.165, 1.54) is 31.4 Å². The third-order valence-electron chi connectivity index (χ3n) is 3.77. The largest absolute Gasteiger partial charge is 0.298 e. The van der Waals surface area contributed by atoms with Crippen molar-refractivity contribution in [3.63, 3.8) is 0 Å². The van der Waals surface area contributed by atoms with Crippen molar-refractivity contribution in [2.75, 3.05) is 5.75 Å². The lowest BCUT2D eigenvalue weighted by atomic mass is 9.71. The maximum atomic E-state index is 12.3. The molecular weight excluding hydrogens is 192 g/mol.